The van der Waals surface area contributed by atoms with Crippen molar-refractivity contribution in [1.29, 1.82) is 0 Å². The van der Waals surface area contributed by atoms with E-state index in [0.717, 1.165) is 42.9 Å². The number of pyridine rings is 1. The predicted molar refractivity (Wildman–Crippen MR) is 127 cm³/mol. The van der Waals surface area contributed by atoms with Crippen LogP contribution in [0.4, 0.5) is 5.82 Å². The third kappa shape index (κ3) is 5.16. The second kappa shape index (κ2) is 10.1. The predicted octanol–water partition coefficient (Wildman–Crippen LogP) is 6.67. The lowest BCUT2D eigenvalue weighted by Crippen LogP contribution is -2.45. The molecule has 0 N–H and O–H groups in total. The Morgan fingerprint density at radius 3 is 2.32 bits per heavy atom. The standard InChI is InChI=1S/C27H29ClN2O/c1-20(30(26-13-7-8-18-29-26)27(31)23-11-5-6-12-23)25(22-9-3-2-4-10-22)19-21-14-16-24(28)17-15-21/h2-4,7-10,13-18,20,23,25H,5-6,11-12,19H2,1H3. The molecule has 0 bridgehead atoms. The van der Waals surface area contributed by atoms with Crippen LogP contribution in [-0.2, 0) is 11.2 Å². The van der Waals surface area contributed by atoms with Gasteiger partial charge in [-0.25, -0.2) is 4.98 Å². The molecular formula is C27H29ClN2O. The highest BCUT2D eigenvalue weighted by Gasteiger charge is 2.35. The zero-order valence-corrected chi connectivity index (χ0v) is 18.7. The van der Waals surface area contributed by atoms with Crippen LogP contribution in [-0.4, -0.2) is 16.9 Å². The van der Waals surface area contributed by atoms with Gasteiger partial charge in [0.05, 0.1) is 0 Å². The average Bonchev–Trinajstić information content (AvgIpc) is 3.35. The molecule has 1 amide bonds. The Morgan fingerprint density at radius 1 is 1.00 bits per heavy atom. The molecule has 3 aromatic rings. The minimum Gasteiger partial charge on any atom is -0.293 e. The van der Waals surface area contributed by atoms with Gasteiger partial charge in [0, 0.05) is 29.1 Å². The van der Waals surface area contributed by atoms with E-state index in [1.54, 1.807) is 6.20 Å². The van der Waals surface area contributed by atoms with E-state index in [4.69, 9.17) is 11.6 Å². The maximum atomic E-state index is 13.7. The molecule has 160 valence electrons. The van der Waals surface area contributed by atoms with Crippen LogP contribution in [0.25, 0.3) is 0 Å². The molecule has 0 spiro atoms. The van der Waals surface area contributed by atoms with Crippen molar-refractivity contribution in [2.45, 2.75) is 51.0 Å². The number of halogens is 1. The fourth-order valence-electron chi connectivity index (χ4n) is 4.71. The Hall–Kier alpha value is -2.65. The number of amides is 1. The van der Waals surface area contributed by atoms with Gasteiger partial charge in [-0.15, -0.1) is 0 Å². The van der Waals surface area contributed by atoms with E-state index in [9.17, 15) is 4.79 Å². The summed E-state index contributed by atoms with van der Waals surface area (Å²) in [7, 11) is 0. The minimum atomic E-state index is -0.0407. The van der Waals surface area contributed by atoms with Gasteiger partial charge in [0.2, 0.25) is 5.91 Å². The maximum Gasteiger partial charge on any atom is 0.231 e. The Bertz CT molecular complexity index is 969. The smallest absolute Gasteiger partial charge is 0.231 e. The van der Waals surface area contributed by atoms with E-state index in [1.807, 2.05) is 41.3 Å². The summed E-state index contributed by atoms with van der Waals surface area (Å²) in [4.78, 5) is 20.2. The van der Waals surface area contributed by atoms with Crippen molar-refractivity contribution in [1.82, 2.24) is 4.98 Å². The van der Waals surface area contributed by atoms with Crippen LogP contribution in [0.15, 0.2) is 79.0 Å². The lowest BCUT2D eigenvalue weighted by Gasteiger charge is -2.36. The van der Waals surface area contributed by atoms with E-state index in [0.29, 0.717) is 0 Å². The number of hydrogen-bond donors (Lipinski definition) is 0. The molecule has 0 radical (unpaired) electrons. The topological polar surface area (TPSA) is 33.2 Å². The van der Waals surface area contributed by atoms with Crippen molar-refractivity contribution in [2.75, 3.05) is 4.90 Å². The molecule has 0 saturated heterocycles. The summed E-state index contributed by atoms with van der Waals surface area (Å²) in [5.41, 5.74) is 2.43. The zero-order chi connectivity index (χ0) is 21.6. The van der Waals surface area contributed by atoms with Crippen molar-refractivity contribution in [3.63, 3.8) is 0 Å². The van der Waals surface area contributed by atoms with E-state index >= 15 is 0 Å². The monoisotopic (exact) mass is 432 g/mol. The molecule has 1 aliphatic rings. The first-order valence-corrected chi connectivity index (χ1v) is 11.5. The quantitative estimate of drug-likeness (QED) is 0.417. The first kappa shape index (κ1) is 21.6. The lowest BCUT2D eigenvalue weighted by atomic mass is 9.85. The molecule has 1 saturated carbocycles. The van der Waals surface area contributed by atoms with Gasteiger partial charge in [-0.1, -0.05) is 73.0 Å². The molecule has 1 aliphatic carbocycles. The minimum absolute atomic E-state index is 0.0407. The number of nitrogens with zero attached hydrogens (tertiary/aromatic N) is 2. The van der Waals surface area contributed by atoms with Gasteiger partial charge in [0.15, 0.2) is 0 Å². The van der Waals surface area contributed by atoms with Gasteiger partial charge in [-0.2, -0.15) is 0 Å². The lowest BCUT2D eigenvalue weighted by molar-refractivity contribution is -0.122. The fraction of sp³-hybridized carbons (Fsp3) is 0.333. The summed E-state index contributed by atoms with van der Waals surface area (Å²) in [6.45, 7) is 2.16. The molecule has 3 nitrogen and oxygen atoms in total. The number of carbonyl (C=O) groups is 1. The van der Waals surface area contributed by atoms with Crippen molar-refractivity contribution in [2.24, 2.45) is 5.92 Å². The van der Waals surface area contributed by atoms with Gasteiger partial charge in [0.1, 0.15) is 5.82 Å². The molecule has 1 fully saturated rings. The first-order valence-electron chi connectivity index (χ1n) is 11.2. The molecular weight excluding hydrogens is 404 g/mol. The molecule has 31 heavy (non-hydrogen) atoms. The van der Waals surface area contributed by atoms with Gasteiger partial charge in [-0.05, 0) is 61.6 Å². The molecule has 4 heteroatoms. The molecule has 2 atom stereocenters. The molecule has 0 aliphatic heterocycles. The van der Waals surface area contributed by atoms with Crippen LogP contribution < -0.4 is 4.90 Å². The van der Waals surface area contributed by atoms with Crippen LogP contribution in [0.5, 0.6) is 0 Å². The van der Waals surface area contributed by atoms with Crippen LogP contribution in [0.3, 0.4) is 0 Å². The highest BCUT2D eigenvalue weighted by molar-refractivity contribution is 6.30. The average molecular weight is 433 g/mol. The summed E-state index contributed by atoms with van der Waals surface area (Å²) in [5.74, 6) is 1.18. The summed E-state index contributed by atoms with van der Waals surface area (Å²) in [6.07, 6.45) is 6.81. The summed E-state index contributed by atoms with van der Waals surface area (Å²) >= 11 is 6.11. The molecule has 2 aromatic carbocycles. The Kier molecular flexibility index (Phi) is 7.03. The van der Waals surface area contributed by atoms with Crippen LogP contribution in [0, 0.1) is 5.92 Å². The Labute approximate surface area is 190 Å². The fourth-order valence-corrected chi connectivity index (χ4v) is 4.84. The van der Waals surface area contributed by atoms with Gasteiger partial charge in [-0.3, -0.25) is 9.69 Å². The number of carbonyl (C=O) groups excluding carboxylic acids is 1. The summed E-state index contributed by atoms with van der Waals surface area (Å²) < 4.78 is 0. The molecule has 1 aromatic heterocycles. The number of rotatable bonds is 7. The van der Waals surface area contributed by atoms with Crippen molar-refractivity contribution >= 4 is 23.3 Å². The highest BCUT2D eigenvalue weighted by atomic mass is 35.5. The van der Waals surface area contributed by atoms with Crippen LogP contribution in [0.2, 0.25) is 5.02 Å². The van der Waals surface area contributed by atoms with E-state index in [2.05, 4.69) is 48.3 Å². The van der Waals surface area contributed by atoms with Gasteiger partial charge < -0.3 is 0 Å². The van der Waals surface area contributed by atoms with Crippen LogP contribution in [0.1, 0.15) is 49.7 Å². The SMILES string of the molecule is CC(C(Cc1ccc(Cl)cc1)c1ccccc1)N(C(=O)C1CCCC1)c1ccccn1. The number of hydrogen-bond acceptors (Lipinski definition) is 2. The normalized spacial score (nSPS) is 16.1. The largest absolute Gasteiger partial charge is 0.293 e. The Morgan fingerprint density at radius 2 is 1.68 bits per heavy atom. The van der Waals surface area contributed by atoms with Crippen LogP contribution >= 0.6 is 11.6 Å². The number of aromatic nitrogens is 1. The third-order valence-electron chi connectivity index (χ3n) is 6.42. The van der Waals surface area contributed by atoms with Crippen molar-refractivity contribution in [3.05, 3.63) is 95.1 Å². The molecule has 1 heterocycles. The highest BCUT2D eigenvalue weighted by Crippen LogP contribution is 2.34. The van der Waals surface area contributed by atoms with Crippen molar-refractivity contribution in [3.8, 4) is 0 Å². The number of benzene rings is 2. The zero-order valence-electron chi connectivity index (χ0n) is 18.0. The van der Waals surface area contributed by atoms with Crippen molar-refractivity contribution < 1.29 is 4.79 Å². The summed E-state index contributed by atoms with van der Waals surface area (Å²) in [6, 6.07) is 24.3. The molecule has 4 rings (SSSR count). The van der Waals surface area contributed by atoms with E-state index in [-0.39, 0.29) is 23.8 Å². The first-order chi connectivity index (χ1) is 15.1. The van der Waals surface area contributed by atoms with Gasteiger partial charge >= 0.3 is 0 Å². The second-order valence-corrected chi connectivity index (χ2v) is 8.90. The Balaban J connectivity index is 1.71. The second-order valence-electron chi connectivity index (χ2n) is 8.47. The third-order valence-corrected chi connectivity index (χ3v) is 6.68. The number of anilines is 1. The van der Waals surface area contributed by atoms with E-state index in [1.165, 1.54) is 11.1 Å². The van der Waals surface area contributed by atoms with E-state index < -0.39 is 0 Å². The maximum absolute atomic E-state index is 13.7. The summed E-state index contributed by atoms with van der Waals surface area (Å²) in [5, 5.41) is 0.736. The van der Waals surface area contributed by atoms with Gasteiger partial charge in [0.25, 0.3) is 0 Å². The molecule has 2 unspecified atom stereocenters.